The summed E-state index contributed by atoms with van der Waals surface area (Å²) in [6, 6.07) is 7.17. The molecule has 28 heavy (non-hydrogen) atoms. The Balaban J connectivity index is 0.00000392. The summed E-state index contributed by atoms with van der Waals surface area (Å²) in [5.41, 5.74) is 1.23. The Hall–Kier alpha value is -1.59. The van der Waals surface area contributed by atoms with Gasteiger partial charge in [-0.15, -0.1) is 12.4 Å². The molecular weight excluding hydrogens is 374 g/mol. The van der Waals surface area contributed by atoms with Gasteiger partial charge in [-0.2, -0.15) is 0 Å². The lowest BCUT2D eigenvalue weighted by Crippen LogP contribution is -2.39. The average molecular weight is 410 g/mol. The van der Waals surface area contributed by atoms with Crippen molar-refractivity contribution >= 4 is 24.2 Å². The van der Waals surface area contributed by atoms with E-state index in [2.05, 4.69) is 26.1 Å². The number of carbonyl (C=O) groups is 2. The summed E-state index contributed by atoms with van der Waals surface area (Å²) < 4.78 is 0. The SMILES string of the molecule is CNCCC1CCN(C(=O)c2cccc(C(=O)N(C)CC(C)(C)C)c2)CC1.Cl. The number of rotatable bonds is 6. The smallest absolute Gasteiger partial charge is 0.253 e. The molecule has 2 amide bonds. The zero-order valence-electron chi connectivity index (χ0n) is 18.0. The van der Waals surface area contributed by atoms with Gasteiger partial charge in [-0.25, -0.2) is 0 Å². The zero-order chi connectivity index (χ0) is 20.0. The highest BCUT2D eigenvalue weighted by atomic mass is 35.5. The number of amides is 2. The number of nitrogens with zero attached hydrogens (tertiary/aromatic N) is 2. The van der Waals surface area contributed by atoms with E-state index in [0.29, 0.717) is 23.6 Å². The minimum absolute atomic E-state index is 0. The molecule has 1 N–H and O–H groups in total. The average Bonchev–Trinajstić information content (AvgIpc) is 2.64. The summed E-state index contributed by atoms with van der Waals surface area (Å²) in [6.07, 6.45) is 3.28. The standard InChI is InChI=1S/C22H35N3O2.ClH/c1-22(2,3)16-24(5)20(26)18-7-6-8-19(15-18)21(27)25-13-10-17(11-14-25)9-12-23-4;/h6-8,15,17,23H,9-14,16H2,1-5H3;1H. The van der Waals surface area contributed by atoms with Crippen molar-refractivity contribution in [3.05, 3.63) is 35.4 Å². The van der Waals surface area contributed by atoms with Gasteiger partial charge in [0, 0.05) is 37.8 Å². The minimum atomic E-state index is -0.0367. The fourth-order valence-electron chi connectivity index (χ4n) is 3.74. The molecule has 0 bridgehead atoms. The molecule has 0 spiro atoms. The van der Waals surface area contributed by atoms with E-state index < -0.39 is 0 Å². The first-order valence-electron chi connectivity index (χ1n) is 10.0. The van der Waals surface area contributed by atoms with Gasteiger partial charge < -0.3 is 15.1 Å². The Labute approximate surface area is 176 Å². The predicted octanol–water partition coefficient (Wildman–Crippen LogP) is 3.69. The topological polar surface area (TPSA) is 52.7 Å². The molecule has 1 aromatic rings. The van der Waals surface area contributed by atoms with Crippen molar-refractivity contribution in [2.75, 3.05) is 40.3 Å². The van der Waals surface area contributed by atoms with Crippen LogP contribution in [0.15, 0.2) is 24.3 Å². The fraction of sp³-hybridized carbons (Fsp3) is 0.636. The van der Waals surface area contributed by atoms with Crippen LogP contribution in [-0.4, -0.2) is 61.9 Å². The van der Waals surface area contributed by atoms with Crippen LogP contribution in [0.25, 0.3) is 0 Å². The molecule has 6 heteroatoms. The van der Waals surface area contributed by atoms with Gasteiger partial charge in [0.15, 0.2) is 0 Å². The van der Waals surface area contributed by atoms with E-state index in [1.54, 1.807) is 17.0 Å². The van der Waals surface area contributed by atoms with E-state index in [-0.39, 0.29) is 29.6 Å². The Kier molecular flexibility index (Phi) is 9.45. The molecule has 1 fully saturated rings. The van der Waals surface area contributed by atoms with Crippen molar-refractivity contribution in [1.82, 2.24) is 15.1 Å². The van der Waals surface area contributed by atoms with Crippen LogP contribution in [-0.2, 0) is 0 Å². The molecule has 1 aromatic carbocycles. The summed E-state index contributed by atoms with van der Waals surface area (Å²) in [4.78, 5) is 29.3. The molecule has 0 aromatic heterocycles. The maximum atomic E-state index is 12.9. The van der Waals surface area contributed by atoms with Crippen molar-refractivity contribution < 1.29 is 9.59 Å². The third kappa shape index (κ3) is 7.10. The second kappa shape index (κ2) is 10.8. The van der Waals surface area contributed by atoms with Crippen molar-refractivity contribution in [3.63, 3.8) is 0 Å². The number of piperidine rings is 1. The Morgan fingerprint density at radius 2 is 1.79 bits per heavy atom. The third-order valence-corrected chi connectivity index (χ3v) is 5.12. The van der Waals surface area contributed by atoms with E-state index in [1.807, 2.05) is 31.1 Å². The molecule has 0 saturated carbocycles. The molecule has 1 aliphatic heterocycles. The molecular formula is C22H36ClN3O2. The van der Waals surface area contributed by atoms with Crippen molar-refractivity contribution in [3.8, 4) is 0 Å². The van der Waals surface area contributed by atoms with Crippen LogP contribution in [0.4, 0.5) is 0 Å². The highest BCUT2D eigenvalue weighted by Crippen LogP contribution is 2.22. The van der Waals surface area contributed by atoms with Gasteiger partial charge in [0.25, 0.3) is 11.8 Å². The van der Waals surface area contributed by atoms with Gasteiger partial charge in [0.1, 0.15) is 0 Å². The largest absolute Gasteiger partial charge is 0.341 e. The van der Waals surface area contributed by atoms with Crippen molar-refractivity contribution in [2.45, 2.75) is 40.0 Å². The normalized spacial score (nSPS) is 15.1. The molecule has 0 atom stereocenters. The molecule has 158 valence electrons. The van der Waals surface area contributed by atoms with Gasteiger partial charge in [0.05, 0.1) is 0 Å². The zero-order valence-corrected chi connectivity index (χ0v) is 18.8. The quantitative estimate of drug-likeness (QED) is 0.779. The second-order valence-electron chi connectivity index (χ2n) is 8.93. The molecule has 0 aliphatic carbocycles. The molecule has 1 aliphatic rings. The summed E-state index contributed by atoms with van der Waals surface area (Å²) in [7, 11) is 3.80. The van der Waals surface area contributed by atoms with Crippen LogP contribution in [0, 0.1) is 11.3 Å². The lowest BCUT2D eigenvalue weighted by molar-refractivity contribution is 0.0687. The van der Waals surface area contributed by atoms with Crippen LogP contribution >= 0.6 is 12.4 Å². The van der Waals surface area contributed by atoms with Gasteiger partial charge >= 0.3 is 0 Å². The Bertz CT molecular complexity index is 649. The highest BCUT2D eigenvalue weighted by Gasteiger charge is 2.24. The van der Waals surface area contributed by atoms with Gasteiger partial charge in [0.2, 0.25) is 0 Å². The van der Waals surface area contributed by atoms with Gasteiger partial charge in [-0.1, -0.05) is 26.8 Å². The number of nitrogens with one attached hydrogen (secondary N) is 1. The molecule has 0 unspecified atom stereocenters. The van der Waals surface area contributed by atoms with Gasteiger partial charge in [-0.05, 0) is 62.4 Å². The van der Waals surface area contributed by atoms with E-state index in [0.717, 1.165) is 32.5 Å². The molecule has 0 radical (unpaired) electrons. The number of halogens is 1. The summed E-state index contributed by atoms with van der Waals surface area (Å²) >= 11 is 0. The molecule has 5 nitrogen and oxygen atoms in total. The maximum Gasteiger partial charge on any atom is 0.253 e. The maximum absolute atomic E-state index is 12.9. The number of benzene rings is 1. The summed E-state index contributed by atoms with van der Waals surface area (Å²) in [6.45, 7) is 9.63. The predicted molar refractivity (Wildman–Crippen MR) is 117 cm³/mol. The van der Waals surface area contributed by atoms with Crippen LogP contribution < -0.4 is 5.32 Å². The van der Waals surface area contributed by atoms with E-state index >= 15 is 0 Å². The molecule has 2 rings (SSSR count). The second-order valence-corrected chi connectivity index (χ2v) is 8.93. The van der Waals surface area contributed by atoms with Crippen molar-refractivity contribution in [2.24, 2.45) is 11.3 Å². The van der Waals surface area contributed by atoms with Gasteiger partial charge in [-0.3, -0.25) is 9.59 Å². The summed E-state index contributed by atoms with van der Waals surface area (Å²) in [5, 5.41) is 3.20. The van der Waals surface area contributed by atoms with Crippen molar-refractivity contribution in [1.29, 1.82) is 0 Å². The molecule has 1 saturated heterocycles. The third-order valence-electron chi connectivity index (χ3n) is 5.12. The first kappa shape index (κ1) is 24.4. The Morgan fingerprint density at radius 1 is 1.18 bits per heavy atom. The van der Waals surface area contributed by atoms with E-state index in [9.17, 15) is 9.59 Å². The van der Waals surface area contributed by atoms with Crippen LogP contribution in [0.2, 0.25) is 0 Å². The monoisotopic (exact) mass is 409 g/mol. The van der Waals surface area contributed by atoms with E-state index in [4.69, 9.17) is 0 Å². The first-order chi connectivity index (χ1) is 12.7. The number of hydrogen-bond acceptors (Lipinski definition) is 3. The Morgan fingerprint density at radius 3 is 2.36 bits per heavy atom. The first-order valence-corrected chi connectivity index (χ1v) is 10.0. The number of likely N-dealkylation sites (tertiary alicyclic amines) is 1. The molecule has 1 heterocycles. The number of carbonyl (C=O) groups excluding carboxylic acids is 2. The van der Waals surface area contributed by atoms with Crippen LogP contribution in [0.3, 0.4) is 0 Å². The van der Waals surface area contributed by atoms with E-state index in [1.165, 1.54) is 6.42 Å². The fourth-order valence-corrected chi connectivity index (χ4v) is 3.74. The number of hydrogen-bond donors (Lipinski definition) is 1. The minimum Gasteiger partial charge on any atom is -0.341 e. The highest BCUT2D eigenvalue weighted by molar-refractivity contribution is 5.99. The summed E-state index contributed by atoms with van der Waals surface area (Å²) in [5.74, 6) is 0.695. The van der Waals surface area contributed by atoms with Crippen LogP contribution in [0.5, 0.6) is 0 Å². The van der Waals surface area contributed by atoms with Crippen LogP contribution in [0.1, 0.15) is 60.7 Å². The lowest BCUT2D eigenvalue weighted by Gasteiger charge is -2.32. The lowest BCUT2D eigenvalue weighted by atomic mass is 9.93.